The zero-order chi connectivity index (χ0) is 19.1. The molecule has 27 heavy (non-hydrogen) atoms. The molecule has 5 nitrogen and oxygen atoms in total. The Hall–Kier alpha value is -1.63. The molecule has 0 radical (unpaired) electrons. The van der Waals surface area contributed by atoms with E-state index in [9.17, 15) is 9.90 Å². The number of fused-ring (bicyclic) bond motifs is 1. The predicted molar refractivity (Wildman–Crippen MR) is 112 cm³/mol. The molecule has 1 aromatic carbocycles. The van der Waals surface area contributed by atoms with Gasteiger partial charge in [-0.2, -0.15) is 0 Å². The molecule has 1 N–H and O–H groups in total. The van der Waals surface area contributed by atoms with Gasteiger partial charge in [-0.25, -0.2) is 0 Å². The fraction of sp³-hybridized carbons (Fsp3) is 0.524. The Morgan fingerprint density at radius 1 is 1.30 bits per heavy atom. The Morgan fingerprint density at radius 2 is 2.04 bits per heavy atom. The highest BCUT2D eigenvalue weighted by atomic mass is 32.2. The van der Waals surface area contributed by atoms with E-state index in [1.807, 2.05) is 47.2 Å². The Morgan fingerprint density at radius 3 is 2.74 bits per heavy atom. The average molecular weight is 388 g/mol. The molecule has 0 unspecified atom stereocenters. The maximum Gasteiger partial charge on any atom is 0.272 e. The molecule has 2 aromatic rings. The lowest BCUT2D eigenvalue weighted by Crippen LogP contribution is -2.47. The summed E-state index contributed by atoms with van der Waals surface area (Å²) in [5.41, 5.74) is 0.460. The summed E-state index contributed by atoms with van der Waals surface area (Å²) < 4.78 is 2.42. The van der Waals surface area contributed by atoms with Crippen molar-refractivity contribution in [3.05, 3.63) is 42.2 Å². The molecule has 6 heteroatoms. The van der Waals surface area contributed by atoms with Gasteiger partial charge in [0.25, 0.3) is 5.91 Å². The van der Waals surface area contributed by atoms with Crippen molar-refractivity contribution in [3.8, 4) is 0 Å². The van der Waals surface area contributed by atoms with E-state index in [1.165, 1.54) is 18.6 Å². The zero-order valence-corrected chi connectivity index (χ0v) is 16.8. The van der Waals surface area contributed by atoms with Crippen LogP contribution >= 0.6 is 11.9 Å². The SMILES string of the molecule is CCCCSN1CCC(N(CCO)C(=O)c2cc3ccccc3cn2)CC1. The molecule has 0 saturated carbocycles. The van der Waals surface area contributed by atoms with Crippen LogP contribution in [-0.2, 0) is 0 Å². The van der Waals surface area contributed by atoms with Crippen molar-refractivity contribution in [2.24, 2.45) is 0 Å². The van der Waals surface area contributed by atoms with Crippen molar-refractivity contribution in [2.45, 2.75) is 38.6 Å². The van der Waals surface area contributed by atoms with Crippen molar-refractivity contribution in [1.82, 2.24) is 14.2 Å². The van der Waals surface area contributed by atoms with Crippen LogP contribution in [0.5, 0.6) is 0 Å². The smallest absolute Gasteiger partial charge is 0.272 e. The Bertz CT molecular complexity index is 747. The van der Waals surface area contributed by atoms with Gasteiger partial charge in [-0.1, -0.05) is 49.6 Å². The standard InChI is InChI=1S/C21H29N3O2S/c1-2-3-14-27-23-10-8-19(9-11-23)24(12-13-25)21(26)20-15-17-6-4-5-7-18(17)16-22-20/h4-7,15-16,19,25H,2-3,8-14H2,1H3. The largest absolute Gasteiger partial charge is 0.395 e. The minimum Gasteiger partial charge on any atom is -0.395 e. The third-order valence-corrected chi connectivity index (χ3v) is 6.29. The number of unbranched alkanes of at least 4 members (excludes halogenated alkanes) is 1. The molecule has 1 aliphatic rings. The second-order valence-corrected chi connectivity index (χ2v) is 8.17. The summed E-state index contributed by atoms with van der Waals surface area (Å²) in [6.45, 7) is 4.52. The quantitative estimate of drug-likeness (QED) is 0.554. The number of nitrogens with zero attached hydrogens (tertiary/aromatic N) is 3. The van der Waals surface area contributed by atoms with Crippen molar-refractivity contribution >= 4 is 28.6 Å². The molecule has 1 aromatic heterocycles. The van der Waals surface area contributed by atoms with Gasteiger partial charge in [0.05, 0.1) is 6.61 Å². The topological polar surface area (TPSA) is 56.7 Å². The normalized spacial score (nSPS) is 15.9. The first-order valence-electron chi connectivity index (χ1n) is 9.87. The van der Waals surface area contributed by atoms with Gasteiger partial charge in [0.2, 0.25) is 0 Å². The van der Waals surface area contributed by atoms with Crippen LogP contribution in [-0.4, -0.2) is 63.2 Å². The molecule has 2 heterocycles. The number of hydrogen-bond acceptors (Lipinski definition) is 5. The lowest BCUT2D eigenvalue weighted by atomic mass is 10.0. The molecule has 0 atom stereocenters. The Labute approximate surface area is 165 Å². The first-order valence-corrected chi connectivity index (χ1v) is 10.8. The fourth-order valence-electron chi connectivity index (χ4n) is 3.53. The number of benzene rings is 1. The van der Waals surface area contributed by atoms with Gasteiger partial charge in [-0.15, -0.1) is 0 Å². The van der Waals surface area contributed by atoms with Gasteiger partial charge in [-0.05, 0) is 30.7 Å². The molecule has 1 amide bonds. The lowest BCUT2D eigenvalue weighted by Gasteiger charge is -2.37. The molecule has 0 bridgehead atoms. The predicted octanol–water partition coefficient (Wildman–Crippen LogP) is 3.58. The van der Waals surface area contributed by atoms with Crippen LogP contribution in [0.25, 0.3) is 10.8 Å². The number of piperidine rings is 1. The maximum atomic E-state index is 13.1. The van der Waals surface area contributed by atoms with Gasteiger partial charge in [0, 0.05) is 43.0 Å². The van der Waals surface area contributed by atoms with E-state index in [4.69, 9.17) is 0 Å². The van der Waals surface area contributed by atoms with Crippen LogP contribution in [0.2, 0.25) is 0 Å². The average Bonchev–Trinajstić information content (AvgIpc) is 2.72. The third kappa shape index (κ3) is 5.21. The molecule has 146 valence electrons. The zero-order valence-electron chi connectivity index (χ0n) is 16.0. The molecular weight excluding hydrogens is 358 g/mol. The molecule has 1 saturated heterocycles. The number of aromatic nitrogens is 1. The molecule has 1 fully saturated rings. The van der Waals surface area contributed by atoms with Gasteiger partial charge in [-0.3, -0.25) is 14.1 Å². The fourth-order valence-corrected chi connectivity index (χ4v) is 4.67. The van der Waals surface area contributed by atoms with Crippen molar-refractivity contribution in [3.63, 3.8) is 0 Å². The number of carbonyl (C=O) groups is 1. The second-order valence-electron chi connectivity index (χ2n) is 6.99. The molecule has 3 rings (SSSR count). The second kappa shape index (κ2) is 10.1. The Kier molecular flexibility index (Phi) is 7.50. The van der Waals surface area contributed by atoms with E-state index in [0.717, 1.165) is 36.7 Å². The number of aliphatic hydroxyl groups excluding tert-OH is 1. The van der Waals surface area contributed by atoms with E-state index in [0.29, 0.717) is 12.2 Å². The van der Waals surface area contributed by atoms with E-state index in [1.54, 1.807) is 6.20 Å². The highest BCUT2D eigenvalue weighted by Crippen LogP contribution is 2.24. The number of pyridine rings is 1. The Balaban J connectivity index is 1.66. The number of amides is 1. The first-order chi connectivity index (χ1) is 13.2. The summed E-state index contributed by atoms with van der Waals surface area (Å²) in [5, 5.41) is 11.5. The number of aliphatic hydroxyl groups is 1. The van der Waals surface area contributed by atoms with Crippen LogP contribution in [0.15, 0.2) is 36.5 Å². The summed E-state index contributed by atoms with van der Waals surface area (Å²) >= 11 is 1.92. The van der Waals surface area contributed by atoms with Crippen LogP contribution in [0.4, 0.5) is 0 Å². The summed E-state index contributed by atoms with van der Waals surface area (Å²) in [7, 11) is 0. The monoisotopic (exact) mass is 387 g/mol. The number of rotatable bonds is 8. The minimum absolute atomic E-state index is 0.0230. The summed E-state index contributed by atoms with van der Waals surface area (Å²) in [6.07, 6.45) is 6.11. The minimum atomic E-state index is -0.0770. The maximum absolute atomic E-state index is 13.1. The van der Waals surface area contributed by atoms with Gasteiger partial charge in [0.15, 0.2) is 0 Å². The molecule has 0 spiro atoms. The van der Waals surface area contributed by atoms with Gasteiger partial charge >= 0.3 is 0 Å². The highest BCUT2D eigenvalue weighted by molar-refractivity contribution is 7.97. The van der Waals surface area contributed by atoms with E-state index in [2.05, 4.69) is 16.2 Å². The van der Waals surface area contributed by atoms with Gasteiger partial charge in [0.1, 0.15) is 5.69 Å². The van der Waals surface area contributed by atoms with Crippen LogP contribution < -0.4 is 0 Å². The molecule has 0 aliphatic carbocycles. The summed E-state index contributed by atoms with van der Waals surface area (Å²) in [5.74, 6) is 1.09. The molecule has 1 aliphatic heterocycles. The van der Waals surface area contributed by atoms with Crippen molar-refractivity contribution < 1.29 is 9.90 Å². The van der Waals surface area contributed by atoms with Crippen molar-refractivity contribution in [1.29, 1.82) is 0 Å². The highest BCUT2D eigenvalue weighted by Gasteiger charge is 2.29. The summed E-state index contributed by atoms with van der Waals surface area (Å²) in [6, 6.07) is 9.95. The number of carbonyl (C=O) groups excluding carboxylic acids is 1. The van der Waals surface area contributed by atoms with Crippen molar-refractivity contribution in [2.75, 3.05) is 32.0 Å². The van der Waals surface area contributed by atoms with E-state index < -0.39 is 0 Å². The third-order valence-electron chi connectivity index (χ3n) is 5.09. The number of hydrogen-bond donors (Lipinski definition) is 1. The summed E-state index contributed by atoms with van der Waals surface area (Å²) in [4.78, 5) is 19.3. The van der Waals surface area contributed by atoms with Gasteiger partial charge < -0.3 is 10.0 Å². The van der Waals surface area contributed by atoms with E-state index in [-0.39, 0.29) is 18.6 Å². The van der Waals surface area contributed by atoms with E-state index >= 15 is 0 Å². The first kappa shape index (κ1) is 20.1. The lowest BCUT2D eigenvalue weighted by molar-refractivity contribution is 0.0565. The van der Waals surface area contributed by atoms with Crippen LogP contribution in [0.1, 0.15) is 43.1 Å². The van der Waals surface area contributed by atoms with Crippen LogP contribution in [0, 0.1) is 0 Å². The van der Waals surface area contributed by atoms with Crippen LogP contribution in [0.3, 0.4) is 0 Å². The molecular formula is C21H29N3O2S.